The van der Waals surface area contributed by atoms with Gasteiger partial charge in [-0.15, -0.1) is 11.3 Å². The molecule has 6 heterocycles. The Morgan fingerprint density at radius 1 is 1.21 bits per heavy atom. The van der Waals surface area contributed by atoms with E-state index in [1.165, 1.54) is 4.88 Å². The summed E-state index contributed by atoms with van der Waals surface area (Å²) < 4.78 is 20.7. The molecule has 3 aromatic heterocycles. The first-order valence-electron chi connectivity index (χ1n) is 15.1. The van der Waals surface area contributed by atoms with Crippen LogP contribution >= 0.6 is 11.3 Å². The van der Waals surface area contributed by atoms with Gasteiger partial charge in [-0.05, 0) is 69.7 Å². The van der Waals surface area contributed by atoms with Gasteiger partial charge in [0.2, 0.25) is 17.8 Å². The Labute approximate surface area is 254 Å². The van der Waals surface area contributed by atoms with Gasteiger partial charge in [0.05, 0.1) is 22.0 Å². The molecule has 11 nitrogen and oxygen atoms in total. The van der Waals surface area contributed by atoms with E-state index in [-0.39, 0.29) is 36.1 Å². The number of anilines is 4. The molecule has 1 amide bonds. The molecule has 43 heavy (non-hydrogen) atoms. The molecule has 0 radical (unpaired) electrons. The van der Waals surface area contributed by atoms with E-state index >= 15 is 0 Å². The Morgan fingerprint density at radius 2 is 2.07 bits per heavy atom. The number of nitrogens with two attached hydrogens (primary N) is 2. The highest BCUT2D eigenvalue weighted by Crippen LogP contribution is 2.49. The zero-order valence-electron chi connectivity index (χ0n) is 24.6. The summed E-state index contributed by atoms with van der Waals surface area (Å²) >= 11 is 1.58. The molecule has 0 aromatic carbocycles. The van der Waals surface area contributed by atoms with Crippen LogP contribution in [0.2, 0.25) is 0 Å². The summed E-state index contributed by atoms with van der Waals surface area (Å²) in [5.74, 6) is 1.02. The largest absolute Gasteiger partial charge is 0.461 e. The molecule has 3 aliphatic heterocycles. The van der Waals surface area contributed by atoms with E-state index in [0.29, 0.717) is 37.7 Å². The molecule has 1 unspecified atom stereocenters. The average molecular weight is 608 g/mol. The van der Waals surface area contributed by atoms with E-state index < -0.39 is 11.6 Å². The SMILES string of the molecule is C[C@H](c1cccnc1N)N(C)c1nc(OC[C@@]23CCCN2C[C@H](F)C3)nc(N2CCC3(CCCc4sc(N)cc43)C2=O)n1. The summed E-state index contributed by atoms with van der Waals surface area (Å²) in [7, 11) is 1.87. The van der Waals surface area contributed by atoms with Gasteiger partial charge in [-0.1, -0.05) is 6.07 Å². The quantitative estimate of drug-likeness (QED) is 0.409. The number of halogens is 1. The number of carbonyl (C=O) groups excluding carboxylic acids is 1. The number of pyridine rings is 1. The molecular formula is C30H38FN9O2S. The zero-order valence-corrected chi connectivity index (χ0v) is 25.4. The van der Waals surface area contributed by atoms with Crippen molar-refractivity contribution in [2.24, 2.45) is 0 Å². The Morgan fingerprint density at radius 3 is 2.91 bits per heavy atom. The van der Waals surface area contributed by atoms with Crippen molar-refractivity contribution in [3.05, 3.63) is 40.4 Å². The summed E-state index contributed by atoms with van der Waals surface area (Å²) in [5, 5.41) is 0.740. The molecule has 1 aliphatic carbocycles. The van der Waals surface area contributed by atoms with Crippen molar-refractivity contribution < 1.29 is 13.9 Å². The van der Waals surface area contributed by atoms with E-state index in [1.54, 1.807) is 22.4 Å². The lowest BCUT2D eigenvalue weighted by Gasteiger charge is -2.32. The van der Waals surface area contributed by atoms with Crippen molar-refractivity contribution in [2.75, 3.05) is 54.6 Å². The smallest absolute Gasteiger partial charge is 0.323 e. The minimum Gasteiger partial charge on any atom is -0.461 e. The molecular weight excluding hydrogens is 569 g/mol. The summed E-state index contributed by atoms with van der Waals surface area (Å²) in [5.41, 5.74) is 13.3. The van der Waals surface area contributed by atoms with Crippen LogP contribution in [0.1, 0.15) is 67.5 Å². The first kappa shape index (κ1) is 28.2. The number of fused-ring (bicyclic) bond motifs is 3. The first-order valence-corrected chi connectivity index (χ1v) is 15.9. The van der Waals surface area contributed by atoms with Gasteiger partial charge in [-0.3, -0.25) is 14.6 Å². The average Bonchev–Trinajstić information content (AvgIpc) is 3.73. The molecule has 4 aliphatic rings. The lowest BCUT2D eigenvalue weighted by Crippen LogP contribution is -2.43. The minimum absolute atomic E-state index is 0.0156. The predicted octanol–water partition coefficient (Wildman–Crippen LogP) is 3.66. The number of nitrogen functional groups attached to an aromatic ring is 2. The molecule has 1 spiro atoms. The number of nitrogens with zero attached hydrogens (tertiary/aromatic N) is 7. The molecule has 0 saturated carbocycles. The molecule has 13 heteroatoms. The van der Waals surface area contributed by atoms with Gasteiger partial charge < -0.3 is 21.1 Å². The fraction of sp³-hybridized carbons (Fsp3) is 0.567. The number of hydrogen-bond donors (Lipinski definition) is 2. The van der Waals surface area contributed by atoms with E-state index in [9.17, 15) is 9.18 Å². The normalized spacial score (nSPS) is 27.5. The lowest BCUT2D eigenvalue weighted by atomic mass is 9.71. The van der Waals surface area contributed by atoms with E-state index in [0.717, 1.165) is 54.8 Å². The van der Waals surface area contributed by atoms with Gasteiger partial charge in [0, 0.05) is 43.2 Å². The molecule has 4 atom stereocenters. The summed E-state index contributed by atoms with van der Waals surface area (Å²) in [6.07, 6.45) is 6.42. The van der Waals surface area contributed by atoms with Gasteiger partial charge in [0.25, 0.3) is 0 Å². The fourth-order valence-electron chi connectivity index (χ4n) is 7.66. The number of hydrogen-bond acceptors (Lipinski definition) is 11. The van der Waals surface area contributed by atoms with Gasteiger partial charge >= 0.3 is 6.01 Å². The fourth-order valence-corrected chi connectivity index (χ4v) is 8.73. The van der Waals surface area contributed by atoms with Gasteiger partial charge in [-0.25, -0.2) is 9.37 Å². The second-order valence-electron chi connectivity index (χ2n) is 12.5. The van der Waals surface area contributed by atoms with Crippen LogP contribution in [-0.2, 0) is 16.6 Å². The van der Waals surface area contributed by atoms with Crippen molar-refractivity contribution in [1.82, 2.24) is 24.8 Å². The Kier molecular flexibility index (Phi) is 6.92. The molecule has 3 fully saturated rings. The second-order valence-corrected chi connectivity index (χ2v) is 13.6. The van der Waals surface area contributed by atoms with Gasteiger partial charge in [-0.2, -0.15) is 15.0 Å². The number of alkyl halides is 1. The van der Waals surface area contributed by atoms with Crippen LogP contribution in [0.25, 0.3) is 0 Å². The van der Waals surface area contributed by atoms with Crippen LogP contribution in [0, 0.1) is 0 Å². The van der Waals surface area contributed by atoms with E-state index in [1.807, 2.05) is 37.1 Å². The highest BCUT2D eigenvalue weighted by molar-refractivity contribution is 7.16. The topological polar surface area (TPSA) is 140 Å². The van der Waals surface area contributed by atoms with Crippen molar-refractivity contribution in [3.8, 4) is 6.01 Å². The third-order valence-electron chi connectivity index (χ3n) is 10.0. The van der Waals surface area contributed by atoms with Crippen LogP contribution in [0.3, 0.4) is 0 Å². The molecule has 3 saturated heterocycles. The number of rotatable bonds is 7. The molecule has 228 valence electrons. The predicted molar refractivity (Wildman–Crippen MR) is 164 cm³/mol. The second kappa shape index (κ2) is 10.5. The molecule has 3 aromatic rings. The summed E-state index contributed by atoms with van der Waals surface area (Å²) in [6.45, 7) is 4.05. The number of aryl methyl sites for hydroxylation is 1. The number of aromatic nitrogens is 4. The number of thiophene rings is 1. The maximum absolute atomic E-state index is 14.4. The van der Waals surface area contributed by atoms with Crippen LogP contribution in [-0.4, -0.2) is 75.7 Å². The maximum atomic E-state index is 14.4. The monoisotopic (exact) mass is 607 g/mol. The van der Waals surface area contributed by atoms with Gasteiger partial charge in [0.15, 0.2) is 0 Å². The zero-order chi connectivity index (χ0) is 29.9. The maximum Gasteiger partial charge on any atom is 0.323 e. The van der Waals surface area contributed by atoms with Crippen LogP contribution in [0.15, 0.2) is 24.4 Å². The Balaban J connectivity index is 1.23. The van der Waals surface area contributed by atoms with Crippen molar-refractivity contribution in [1.29, 1.82) is 0 Å². The first-order chi connectivity index (χ1) is 20.7. The van der Waals surface area contributed by atoms with Crippen molar-refractivity contribution >= 4 is 40.0 Å². The van der Waals surface area contributed by atoms with Gasteiger partial charge in [0.1, 0.15) is 18.6 Å². The number of amides is 1. The molecule has 4 N–H and O–H groups in total. The Hall–Kier alpha value is -3.58. The molecule has 0 bridgehead atoms. The number of ether oxygens (including phenoxy) is 1. The number of carbonyl (C=O) groups is 1. The standard InChI is InChI=1S/C30H38FN9O2S/c1-18(20-6-4-11-34-24(20)33)38(2)26-35-27(37-28(36-26)42-17-29-8-5-12-39(29)16-19(31)15-29)40-13-10-30(25(40)41)9-3-7-22-21(30)14-23(32)43-22/h4,6,11,14,18-19H,3,5,7-10,12-13,15-17,32H2,1-2H3,(H2,33,34)/t18-,19-,29+,30?/m1/s1. The van der Waals surface area contributed by atoms with E-state index in [4.69, 9.17) is 31.2 Å². The lowest BCUT2D eigenvalue weighted by molar-refractivity contribution is -0.122. The summed E-state index contributed by atoms with van der Waals surface area (Å²) in [4.78, 5) is 39.6. The van der Waals surface area contributed by atoms with Crippen LogP contribution in [0.5, 0.6) is 6.01 Å². The molecule has 7 rings (SSSR count). The highest BCUT2D eigenvalue weighted by atomic mass is 32.1. The Bertz CT molecular complexity index is 1550. The minimum atomic E-state index is -0.866. The highest BCUT2D eigenvalue weighted by Gasteiger charge is 2.52. The van der Waals surface area contributed by atoms with Crippen LogP contribution in [0.4, 0.5) is 27.1 Å². The van der Waals surface area contributed by atoms with Crippen molar-refractivity contribution in [3.63, 3.8) is 0 Å². The van der Waals surface area contributed by atoms with Crippen molar-refractivity contribution in [2.45, 2.75) is 75.0 Å². The summed E-state index contributed by atoms with van der Waals surface area (Å²) in [6, 6.07) is 5.64. The third-order valence-corrected chi connectivity index (χ3v) is 11.1. The van der Waals surface area contributed by atoms with E-state index in [2.05, 4.69) is 9.88 Å². The third kappa shape index (κ3) is 4.67. The van der Waals surface area contributed by atoms with Crippen LogP contribution < -0.4 is 26.0 Å².